The van der Waals surface area contributed by atoms with Crippen molar-refractivity contribution in [2.24, 2.45) is 17.1 Å². The van der Waals surface area contributed by atoms with E-state index in [4.69, 9.17) is 28.9 Å². The van der Waals surface area contributed by atoms with Crippen molar-refractivity contribution in [2.45, 2.75) is 56.6 Å². The molecule has 8 nitrogen and oxygen atoms in total. The second kappa shape index (κ2) is 7.85. The van der Waals surface area contributed by atoms with Gasteiger partial charge in [0.05, 0.1) is 23.1 Å². The molecule has 1 saturated carbocycles. The minimum absolute atomic E-state index is 0.0769. The van der Waals surface area contributed by atoms with Gasteiger partial charge in [0, 0.05) is 32.4 Å². The molecule has 0 radical (unpaired) electrons. The zero-order valence-electron chi connectivity index (χ0n) is 17.1. The molecular formula is C20H29Cl2N7O. The highest BCUT2D eigenvalue weighted by Crippen LogP contribution is 2.46. The summed E-state index contributed by atoms with van der Waals surface area (Å²) in [5.41, 5.74) is 14.0. The Kier molecular flexibility index (Phi) is 5.46. The first kappa shape index (κ1) is 20.9. The first-order valence-corrected chi connectivity index (χ1v) is 11.5. The van der Waals surface area contributed by atoms with Crippen molar-refractivity contribution in [1.82, 2.24) is 31.0 Å². The van der Waals surface area contributed by atoms with Gasteiger partial charge in [-0.3, -0.25) is 15.0 Å². The van der Waals surface area contributed by atoms with E-state index in [1.54, 1.807) is 6.20 Å². The minimum atomic E-state index is -0.332. The van der Waals surface area contributed by atoms with Crippen LogP contribution in [0.2, 0.25) is 10.2 Å². The van der Waals surface area contributed by atoms with Crippen molar-refractivity contribution in [1.29, 1.82) is 0 Å². The van der Waals surface area contributed by atoms with Gasteiger partial charge in [-0.15, -0.1) is 0 Å². The Hall–Kier alpha value is -1.00. The average molecular weight is 454 g/mol. The Morgan fingerprint density at radius 3 is 2.70 bits per heavy atom. The molecule has 4 aliphatic rings. The monoisotopic (exact) mass is 453 g/mol. The fourth-order valence-electron chi connectivity index (χ4n) is 5.90. The molecule has 1 spiro atoms. The molecule has 1 aliphatic carbocycles. The maximum atomic E-state index is 13.4. The second-order valence-corrected chi connectivity index (χ2v) is 9.90. The van der Waals surface area contributed by atoms with Gasteiger partial charge in [-0.2, -0.15) is 0 Å². The second-order valence-electron chi connectivity index (χ2n) is 9.16. The van der Waals surface area contributed by atoms with Crippen molar-refractivity contribution < 1.29 is 4.79 Å². The summed E-state index contributed by atoms with van der Waals surface area (Å²) in [4.78, 5) is 21.6. The van der Waals surface area contributed by atoms with E-state index in [0.29, 0.717) is 16.5 Å². The summed E-state index contributed by atoms with van der Waals surface area (Å²) < 4.78 is 0. The van der Waals surface area contributed by atoms with Gasteiger partial charge in [-0.1, -0.05) is 29.6 Å². The predicted octanol–water partition coefficient (Wildman–Crippen LogP) is 1.42. The molecule has 4 heterocycles. The summed E-state index contributed by atoms with van der Waals surface area (Å²) in [5, 5.41) is 4.25. The number of carbonyl (C=O) groups excluding carboxylic acids is 1. The first-order chi connectivity index (χ1) is 14.4. The highest BCUT2D eigenvalue weighted by molar-refractivity contribution is 6.41. The van der Waals surface area contributed by atoms with Crippen LogP contribution in [0.3, 0.4) is 0 Å². The lowest BCUT2D eigenvalue weighted by molar-refractivity contribution is -0.151. The van der Waals surface area contributed by atoms with Gasteiger partial charge >= 0.3 is 0 Å². The van der Waals surface area contributed by atoms with Crippen molar-refractivity contribution in [3.8, 4) is 0 Å². The largest absolute Gasteiger partial charge is 0.327 e. The SMILES string of the molecule is CN1C(=O)C2C(NNC2c2ccnc(Cl)c2Cl)NC1N1CCC2(CCC[C@H]2N)CC1. The predicted molar refractivity (Wildman–Crippen MR) is 115 cm³/mol. The van der Waals surface area contributed by atoms with Crippen LogP contribution in [0.5, 0.6) is 0 Å². The van der Waals surface area contributed by atoms with Gasteiger partial charge in [0.15, 0.2) is 0 Å². The molecule has 1 aromatic rings. The number of carbonyl (C=O) groups is 1. The van der Waals surface area contributed by atoms with E-state index in [0.717, 1.165) is 37.9 Å². The lowest BCUT2D eigenvalue weighted by atomic mass is 9.74. The number of pyridine rings is 1. The van der Waals surface area contributed by atoms with Crippen LogP contribution in [0.1, 0.15) is 43.7 Å². The van der Waals surface area contributed by atoms with Gasteiger partial charge < -0.3 is 10.6 Å². The zero-order valence-corrected chi connectivity index (χ0v) is 18.6. The number of rotatable bonds is 2. The Morgan fingerprint density at radius 1 is 1.23 bits per heavy atom. The Balaban J connectivity index is 1.31. The highest BCUT2D eigenvalue weighted by atomic mass is 35.5. The van der Waals surface area contributed by atoms with Crippen LogP contribution in [0.15, 0.2) is 12.3 Å². The van der Waals surface area contributed by atoms with Crippen molar-refractivity contribution in [3.63, 3.8) is 0 Å². The molecule has 164 valence electrons. The van der Waals surface area contributed by atoms with Crippen LogP contribution in [0.4, 0.5) is 0 Å². The van der Waals surface area contributed by atoms with Gasteiger partial charge in [0.1, 0.15) is 11.4 Å². The highest BCUT2D eigenvalue weighted by Gasteiger charge is 2.51. The maximum absolute atomic E-state index is 13.4. The van der Waals surface area contributed by atoms with E-state index >= 15 is 0 Å². The summed E-state index contributed by atoms with van der Waals surface area (Å²) in [6, 6.07) is 1.85. The lowest BCUT2D eigenvalue weighted by Gasteiger charge is -2.50. The molecule has 3 aliphatic heterocycles. The molecule has 5 atom stereocenters. The van der Waals surface area contributed by atoms with Crippen LogP contribution < -0.4 is 21.9 Å². The van der Waals surface area contributed by atoms with Gasteiger partial charge in [-0.05, 0) is 42.7 Å². The number of hydrazine groups is 1. The molecule has 30 heavy (non-hydrogen) atoms. The first-order valence-electron chi connectivity index (χ1n) is 10.7. The smallest absolute Gasteiger partial charge is 0.232 e. The number of fused-ring (bicyclic) bond motifs is 1. The van der Waals surface area contributed by atoms with E-state index in [9.17, 15) is 4.79 Å². The van der Waals surface area contributed by atoms with E-state index in [1.807, 2.05) is 18.0 Å². The molecule has 4 unspecified atom stereocenters. The van der Waals surface area contributed by atoms with Gasteiger partial charge in [0.2, 0.25) is 5.91 Å². The van der Waals surface area contributed by atoms with E-state index in [-0.39, 0.29) is 35.5 Å². The third-order valence-corrected chi connectivity index (χ3v) is 8.55. The van der Waals surface area contributed by atoms with Crippen LogP contribution in [-0.2, 0) is 4.79 Å². The number of amides is 1. The van der Waals surface area contributed by atoms with Crippen molar-refractivity contribution >= 4 is 29.1 Å². The molecule has 10 heteroatoms. The number of nitrogens with two attached hydrogens (primary N) is 1. The molecular weight excluding hydrogens is 425 g/mol. The topological polar surface area (TPSA) is 98.5 Å². The van der Waals surface area contributed by atoms with Crippen LogP contribution in [-0.4, -0.2) is 59.3 Å². The van der Waals surface area contributed by atoms with Gasteiger partial charge in [-0.25, -0.2) is 15.8 Å². The fourth-order valence-corrected chi connectivity index (χ4v) is 6.30. The van der Waals surface area contributed by atoms with E-state index in [1.165, 1.54) is 12.8 Å². The maximum Gasteiger partial charge on any atom is 0.232 e. The minimum Gasteiger partial charge on any atom is -0.327 e. The van der Waals surface area contributed by atoms with Crippen LogP contribution in [0.25, 0.3) is 0 Å². The average Bonchev–Trinajstić information content (AvgIpc) is 3.32. The summed E-state index contributed by atoms with van der Waals surface area (Å²) in [5.74, 6) is -0.255. The number of nitrogens with zero attached hydrogens (tertiary/aromatic N) is 3. The summed E-state index contributed by atoms with van der Waals surface area (Å²) in [6.07, 6.45) is 7.09. The molecule has 4 fully saturated rings. The fraction of sp³-hybridized carbons (Fsp3) is 0.700. The third kappa shape index (κ3) is 3.24. The number of aromatic nitrogens is 1. The molecule has 0 bridgehead atoms. The molecule has 3 saturated heterocycles. The molecule has 5 rings (SSSR count). The number of hydrogen-bond donors (Lipinski definition) is 4. The summed E-state index contributed by atoms with van der Waals surface area (Å²) in [7, 11) is 1.87. The number of likely N-dealkylation sites (tertiary alicyclic amines) is 1. The van der Waals surface area contributed by atoms with Crippen molar-refractivity contribution in [2.75, 3.05) is 20.1 Å². The number of halogens is 2. The van der Waals surface area contributed by atoms with E-state index < -0.39 is 0 Å². The molecule has 1 amide bonds. The lowest BCUT2D eigenvalue weighted by Crippen LogP contribution is -2.70. The Labute approximate surface area is 186 Å². The quantitative estimate of drug-likeness (QED) is 0.502. The number of nitrogens with one attached hydrogen (secondary N) is 3. The standard InChI is InChI=1S/C20H29Cl2N7O/c1-28-18(30)13-15(11-4-8-24-16(22)14(11)21)26-27-17(13)25-19(28)29-9-6-20(7-10-29)5-2-3-12(20)23/h4,8,12-13,15,17,19,25-27H,2-3,5-7,9-10,23H2,1H3/t12-,13?,15?,17?,19?/m1/s1. The van der Waals surface area contributed by atoms with Gasteiger partial charge in [0.25, 0.3) is 0 Å². The number of piperidine rings is 1. The van der Waals surface area contributed by atoms with Crippen molar-refractivity contribution in [3.05, 3.63) is 28.0 Å². The normalized spacial score (nSPS) is 36.5. The number of hydrogen-bond acceptors (Lipinski definition) is 7. The zero-order chi connectivity index (χ0) is 21.0. The molecule has 1 aromatic heterocycles. The van der Waals surface area contributed by atoms with Crippen LogP contribution >= 0.6 is 23.2 Å². The van der Waals surface area contributed by atoms with Crippen LogP contribution in [0, 0.1) is 11.3 Å². The Bertz CT molecular complexity index is 831. The summed E-state index contributed by atoms with van der Waals surface area (Å²) >= 11 is 12.5. The Morgan fingerprint density at radius 2 is 2.00 bits per heavy atom. The molecule has 0 aromatic carbocycles. The summed E-state index contributed by atoms with van der Waals surface area (Å²) in [6.45, 7) is 1.89. The van der Waals surface area contributed by atoms with E-state index in [2.05, 4.69) is 26.1 Å². The third-order valence-electron chi connectivity index (χ3n) is 7.77. The molecule has 5 N–H and O–H groups in total.